The molecule has 0 amide bonds. The summed E-state index contributed by atoms with van der Waals surface area (Å²) in [7, 11) is 0. The Labute approximate surface area is 161 Å². The number of ether oxygens (including phenoxy) is 1. The lowest BCUT2D eigenvalue weighted by molar-refractivity contribution is -0.138. The third kappa shape index (κ3) is 2.99. The van der Waals surface area contributed by atoms with Gasteiger partial charge < -0.3 is 14.8 Å². The molecule has 0 saturated carbocycles. The SMILES string of the molecule is CCOC(=O)C1=C(O)c2ccccc2-c2nc(-c3ccccc3)[nH]c(=O)c2C1. The maximum Gasteiger partial charge on any atom is 0.338 e. The van der Waals surface area contributed by atoms with Crippen LogP contribution in [0, 0.1) is 0 Å². The van der Waals surface area contributed by atoms with Crippen LogP contribution in [-0.4, -0.2) is 27.7 Å². The summed E-state index contributed by atoms with van der Waals surface area (Å²) in [4.78, 5) is 32.8. The predicted molar refractivity (Wildman–Crippen MR) is 106 cm³/mol. The van der Waals surface area contributed by atoms with Gasteiger partial charge in [-0.15, -0.1) is 0 Å². The molecule has 1 aromatic heterocycles. The highest BCUT2D eigenvalue weighted by Gasteiger charge is 2.28. The minimum Gasteiger partial charge on any atom is -0.507 e. The fourth-order valence-corrected chi connectivity index (χ4v) is 3.32. The average molecular weight is 374 g/mol. The topological polar surface area (TPSA) is 92.3 Å². The summed E-state index contributed by atoms with van der Waals surface area (Å²) < 4.78 is 5.08. The fourth-order valence-electron chi connectivity index (χ4n) is 3.32. The van der Waals surface area contributed by atoms with Gasteiger partial charge in [0.1, 0.15) is 11.6 Å². The first-order valence-electron chi connectivity index (χ1n) is 8.97. The predicted octanol–water partition coefficient (Wildman–Crippen LogP) is 3.49. The van der Waals surface area contributed by atoms with Gasteiger partial charge in [0, 0.05) is 28.7 Å². The van der Waals surface area contributed by atoms with Crippen molar-refractivity contribution in [2.45, 2.75) is 13.3 Å². The fraction of sp³-hybridized carbons (Fsp3) is 0.136. The Kier molecular flexibility index (Phi) is 4.53. The number of aromatic nitrogens is 2. The van der Waals surface area contributed by atoms with E-state index in [1.807, 2.05) is 30.3 Å². The van der Waals surface area contributed by atoms with Crippen molar-refractivity contribution in [3.8, 4) is 22.6 Å². The second kappa shape index (κ2) is 7.15. The van der Waals surface area contributed by atoms with E-state index in [-0.39, 0.29) is 29.9 Å². The minimum absolute atomic E-state index is 0.0489. The quantitative estimate of drug-likeness (QED) is 0.685. The van der Waals surface area contributed by atoms with Gasteiger partial charge >= 0.3 is 5.97 Å². The summed E-state index contributed by atoms with van der Waals surface area (Å²) in [5, 5.41) is 10.8. The van der Waals surface area contributed by atoms with Gasteiger partial charge in [-0.2, -0.15) is 0 Å². The van der Waals surface area contributed by atoms with Crippen LogP contribution in [0.4, 0.5) is 0 Å². The Morgan fingerprint density at radius 2 is 1.79 bits per heavy atom. The van der Waals surface area contributed by atoms with Gasteiger partial charge in [-0.25, -0.2) is 9.78 Å². The largest absolute Gasteiger partial charge is 0.507 e. The van der Waals surface area contributed by atoms with Crippen LogP contribution in [0.15, 0.2) is 65.0 Å². The van der Waals surface area contributed by atoms with Crippen molar-refractivity contribution in [1.82, 2.24) is 9.97 Å². The lowest BCUT2D eigenvalue weighted by Gasteiger charge is -2.10. The number of nitrogens with one attached hydrogen (secondary N) is 1. The molecule has 140 valence electrons. The van der Waals surface area contributed by atoms with Crippen molar-refractivity contribution in [1.29, 1.82) is 0 Å². The van der Waals surface area contributed by atoms with E-state index in [1.54, 1.807) is 31.2 Å². The molecule has 0 radical (unpaired) electrons. The normalized spacial score (nSPS) is 12.8. The van der Waals surface area contributed by atoms with Gasteiger partial charge in [-0.3, -0.25) is 4.79 Å². The number of aliphatic hydroxyl groups is 1. The summed E-state index contributed by atoms with van der Waals surface area (Å²) in [5.41, 5.74) is 2.28. The zero-order chi connectivity index (χ0) is 19.7. The van der Waals surface area contributed by atoms with Crippen LogP contribution in [0.5, 0.6) is 0 Å². The lowest BCUT2D eigenvalue weighted by atomic mass is 10.0. The number of rotatable bonds is 3. The molecular formula is C22H18N2O4. The molecule has 1 heterocycles. The van der Waals surface area contributed by atoms with Crippen molar-refractivity contribution in [2.75, 3.05) is 6.61 Å². The van der Waals surface area contributed by atoms with Crippen molar-refractivity contribution in [3.63, 3.8) is 0 Å². The number of aromatic amines is 1. The molecule has 0 spiro atoms. The van der Waals surface area contributed by atoms with E-state index < -0.39 is 5.97 Å². The molecule has 4 rings (SSSR count). The number of benzene rings is 2. The average Bonchev–Trinajstić information content (AvgIpc) is 2.85. The molecule has 0 aliphatic heterocycles. The Bertz CT molecular complexity index is 1150. The molecule has 6 heteroatoms. The molecule has 2 N–H and O–H groups in total. The highest BCUT2D eigenvalue weighted by Crippen LogP contribution is 2.35. The number of carbonyl (C=O) groups is 1. The Balaban J connectivity index is 1.98. The number of nitrogens with zero attached hydrogens (tertiary/aromatic N) is 1. The Hall–Kier alpha value is -3.67. The maximum atomic E-state index is 12.9. The highest BCUT2D eigenvalue weighted by atomic mass is 16.5. The van der Waals surface area contributed by atoms with Crippen LogP contribution in [0.3, 0.4) is 0 Å². The van der Waals surface area contributed by atoms with Crippen LogP contribution in [-0.2, 0) is 16.0 Å². The van der Waals surface area contributed by atoms with Crippen molar-refractivity contribution in [2.24, 2.45) is 0 Å². The van der Waals surface area contributed by atoms with Gasteiger partial charge in [0.2, 0.25) is 0 Å². The van der Waals surface area contributed by atoms with Crippen molar-refractivity contribution in [3.05, 3.63) is 81.7 Å². The molecule has 0 saturated heterocycles. The summed E-state index contributed by atoms with van der Waals surface area (Å²) in [6, 6.07) is 16.4. The van der Waals surface area contributed by atoms with E-state index in [2.05, 4.69) is 9.97 Å². The smallest absolute Gasteiger partial charge is 0.338 e. The van der Waals surface area contributed by atoms with E-state index >= 15 is 0 Å². The summed E-state index contributed by atoms with van der Waals surface area (Å²) >= 11 is 0. The third-order valence-electron chi connectivity index (χ3n) is 4.66. The van der Waals surface area contributed by atoms with Gasteiger partial charge in [0.25, 0.3) is 5.56 Å². The number of H-pyrrole nitrogens is 1. The van der Waals surface area contributed by atoms with Crippen LogP contribution in [0.2, 0.25) is 0 Å². The van der Waals surface area contributed by atoms with Gasteiger partial charge in [0.15, 0.2) is 0 Å². The van der Waals surface area contributed by atoms with E-state index in [0.29, 0.717) is 28.2 Å². The van der Waals surface area contributed by atoms with Crippen LogP contribution < -0.4 is 5.56 Å². The molecule has 3 aromatic rings. The maximum absolute atomic E-state index is 12.9. The molecule has 0 fully saturated rings. The molecule has 0 bridgehead atoms. The number of hydrogen-bond acceptors (Lipinski definition) is 5. The standard InChI is InChI=1S/C22H18N2O4/c1-2-28-22(27)17-12-16-18(14-10-6-7-11-15(14)19(17)25)23-20(24-21(16)26)13-8-4-3-5-9-13/h3-11,25H,2,12H2,1H3,(H,23,24,26). The highest BCUT2D eigenvalue weighted by molar-refractivity contribution is 5.99. The second-order valence-electron chi connectivity index (χ2n) is 6.38. The van der Waals surface area contributed by atoms with Gasteiger partial charge in [-0.1, -0.05) is 54.6 Å². The molecule has 1 aliphatic rings. The molecule has 0 unspecified atom stereocenters. The summed E-state index contributed by atoms with van der Waals surface area (Å²) in [6.07, 6.45) is -0.0634. The van der Waals surface area contributed by atoms with Crippen LogP contribution in [0.25, 0.3) is 28.4 Å². The number of esters is 1. The first-order chi connectivity index (χ1) is 13.6. The van der Waals surface area contributed by atoms with E-state index in [1.165, 1.54) is 0 Å². The first kappa shape index (κ1) is 17.7. The summed E-state index contributed by atoms with van der Waals surface area (Å²) in [6.45, 7) is 1.86. The Morgan fingerprint density at radius 3 is 2.50 bits per heavy atom. The van der Waals surface area contributed by atoms with Crippen molar-refractivity contribution < 1.29 is 14.6 Å². The number of hydrogen-bond donors (Lipinski definition) is 2. The second-order valence-corrected chi connectivity index (χ2v) is 6.38. The zero-order valence-electron chi connectivity index (χ0n) is 15.2. The molecule has 6 nitrogen and oxygen atoms in total. The minimum atomic E-state index is -0.644. The van der Waals surface area contributed by atoms with E-state index in [0.717, 1.165) is 5.56 Å². The van der Waals surface area contributed by atoms with E-state index in [4.69, 9.17) is 4.74 Å². The van der Waals surface area contributed by atoms with Crippen LogP contribution in [0.1, 0.15) is 18.1 Å². The first-order valence-corrected chi connectivity index (χ1v) is 8.97. The zero-order valence-corrected chi connectivity index (χ0v) is 15.2. The monoisotopic (exact) mass is 374 g/mol. The van der Waals surface area contributed by atoms with Crippen molar-refractivity contribution >= 4 is 11.7 Å². The summed E-state index contributed by atoms with van der Waals surface area (Å²) in [5.74, 6) is -0.403. The van der Waals surface area contributed by atoms with Crippen LogP contribution >= 0.6 is 0 Å². The molecular weight excluding hydrogens is 356 g/mol. The molecule has 1 aliphatic carbocycles. The lowest BCUT2D eigenvalue weighted by Crippen LogP contribution is -2.20. The Morgan fingerprint density at radius 1 is 1.11 bits per heavy atom. The number of aliphatic hydroxyl groups excluding tert-OH is 1. The third-order valence-corrected chi connectivity index (χ3v) is 4.66. The number of carbonyl (C=O) groups excluding carboxylic acids is 1. The molecule has 2 aromatic carbocycles. The van der Waals surface area contributed by atoms with E-state index in [9.17, 15) is 14.7 Å². The van der Waals surface area contributed by atoms with Gasteiger partial charge in [0.05, 0.1) is 17.9 Å². The van der Waals surface area contributed by atoms with Gasteiger partial charge in [-0.05, 0) is 6.92 Å². The molecule has 0 atom stereocenters. The number of fused-ring (bicyclic) bond motifs is 3. The molecule has 28 heavy (non-hydrogen) atoms.